The van der Waals surface area contributed by atoms with Crippen molar-refractivity contribution in [1.82, 2.24) is 5.32 Å². The molecule has 0 fully saturated rings. The minimum Gasteiger partial charge on any atom is -0.480 e. The second-order valence-corrected chi connectivity index (χ2v) is 3.84. The van der Waals surface area contributed by atoms with Crippen LogP contribution < -0.4 is 11.1 Å². The fourth-order valence-corrected chi connectivity index (χ4v) is 1.09. The summed E-state index contributed by atoms with van der Waals surface area (Å²) in [5, 5.41) is 11.3. The molecule has 0 aliphatic carbocycles. The van der Waals surface area contributed by atoms with Gasteiger partial charge >= 0.3 is 5.97 Å². The molecule has 4 N–H and O–H groups in total. The first-order valence-electron chi connectivity index (χ1n) is 5.18. The Balaban J connectivity index is 4.28. The second kappa shape index (κ2) is 6.40. The highest BCUT2D eigenvalue weighted by Gasteiger charge is 2.23. The normalized spacial score (nSPS) is 16.5. The molecule has 1 amide bonds. The van der Waals surface area contributed by atoms with Crippen LogP contribution in [-0.4, -0.2) is 29.1 Å². The van der Waals surface area contributed by atoms with Gasteiger partial charge in [0.15, 0.2) is 0 Å². The summed E-state index contributed by atoms with van der Waals surface area (Å²) in [7, 11) is 0. The first kappa shape index (κ1) is 13.9. The van der Waals surface area contributed by atoms with Crippen molar-refractivity contribution in [1.29, 1.82) is 0 Å². The van der Waals surface area contributed by atoms with E-state index in [1.165, 1.54) is 0 Å². The maximum atomic E-state index is 11.5. The molecule has 0 radical (unpaired) electrons. The molecule has 0 aromatic heterocycles. The van der Waals surface area contributed by atoms with Gasteiger partial charge in [0.25, 0.3) is 0 Å². The van der Waals surface area contributed by atoms with Gasteiger partial charge in [-0.05, 0) is 13.3 Å². The number of carboxylic acids is 1. The lowest BCUT2D eigenvalue weighted by atomic mass is 10.0. The number of carbonyl (C=O) groups is 2. The first-order chi connectivity index (χ1) is 6.90. The smallest absolute Gasteiger partial charge is 0.326 e. The van der Waals surface area contributed by atoms with Crippen LogP contribution in [-0.2, 0) is 9.59 Å². The van der Waals surface area contributed by atoms with Crippen LogP contribution in [0.25, 0.3) is 0 Å². The van der Waals surface area contributed by atoms with Gasteiger partial charge in [-0.25, -0.2) is 4.79 Å². The van der Waals surface area contributed by atoms with Gasteiger partial charge in [0.2, 0.25) is 5.91 Å². The van der Waals surface area contributed by atoms with Gasteiger partial charge in [-0.1, -0.05) is 20.3 Å². The van der Waals surface area contributed by atoms with E-state index in [1.54, 1.807) is 13.8 Å². The summed E-state index contributed by atoms with van der Waals surface area (Å²) < 4.78 is 0. The Morgan fingerprint density at radius 1 is 1.40 bits per heavy atom. The number of carbonyl (C=O) groups excluding carboxylic acids is 1. The van der Waals surface area contributed by atoms with Crippen molar-refractivity contribution in [2.45, 2.75) is 45.7 Å². The van der Waals surface area contributed by atoms with E-state index in [2.05, 4.69) is 5.32 Å². The third-order valence-electron chi connectivity index (χ3n) is 2.39. The summed E-state index contributed by atoms with van der Waals surface area (Å²) >= 11 is 0. The van der Waals surface area contributed by atoms with Crippen LogP contribution in [0.4, 0.5) is 0 Å². The van der Waals surface area contributed by atoms with Crippen molar-refractivity contribution in [3.8, 4) is 0 Å². The third kappa shape index (κ3) is 4.78. The zero-order valence-electron chi connectivity index (χ0n) is 9.49. The fraction of sp³-hybridized carbons (Fsp3) is 0.800. The Kier molecular flexibility index (Phi) is 5.93. The Morgan fingerprint density at radius 2 is 1.93 bits per heavy atom. The molecule has 5 nitrogen and oxygen atoms in total. The highest BCUT2D eigenvalue weighted by molar-refractivity contribution is 5.85. The Bertz CT molecular complexity index is 229. The van der Waals surface area contributed by atoms with E-state index >= 15 is 0 Å². The second-order valence-electron chi connectivity index (χ2n) is 3.84. The molecule has 0 aliphatic heterocycles. The molecular formula is C10H20N2O3. The van der Waals surface area contributed by atoms with Crippen LogP contribution in [0.2, 0.25) is 0 Å². The lowest BCUT2D eigenvalue weighted by Crippen LogP contribution is -2.46. The highest BCUT2D eigenvalue weighted by Crippen LogP contribution is 2.03. The molecule has 0 heterocycles. The number of nitrogens with two attached hydrogens (primary N) is 1. The minimum absolute atomic E-state index is 0.277. The predicted molar refractivity (Wildman–Crippen MR) is 57.3 cm³/mol. The number of hydrogen-bond acceptors (Lipinski definition) is 3. The van der Waals surface area contributed by atoms with Crippen molar-refractivity contribution in [3.63, 3.8) is 0 Å². The molecule has 3 atom stereocenters. The fourth-order valence-electron chi connectivity index (χ4n) is 1.09. The van der Waals surface area contributed by atoms with E-state index in [4.69, 9.17) is 10.8 Å². The van der Waals surface area contributed by atoms with Crippen molar-refractivity contribution < 1.29 is 14.7 Å². The van der Waals surface area contributed by atoms with Gasteiger partial charge in [0, 0.05) is 12.0 Å². The molecule has 88 valence electrons. The zero-order chi connectivity index (χ0) is 12.0. The zero-order valence-corrected chi connectivity index (χ0v) is 9.49. The van der Waals surface area contributed by atoms with Gasteiger partial charge in [-0.2, -0.15) is 0 Å². The number of nitrogens with one attached hydrogen (secondary N) is 1. The molecule has 15 heavy (non-hydrogen) atoms. The summed E-state index contributed by atoms with van der Waals surface area (Å²) in [5.41, 5.74) is 5.55. The van der Waals surface area contributed by atoms with E-state index in [0.29, 0.717) is 12.8 Å². The molecule has 0 saturated carbocycles. The topological polar surface area (TPSA) is 92.4 Å². The van der Waals surface area contributed by atoms with Crippen LogP contribution in [0.1, 0.15) is 33.6 Å². The van der Waals surface area contributed by atoms with Gasteiger partial charge in [0.05, 0.1) is 0 Å². The number of amides is 1. The third-order valence-corrected chi connectivity index (χ3v) is 2.39. The van der Waals surface area contributed by atoms with Crippen molar-refractivity contribution in [2.24, 2.45) is 11.7 Å². The SMILES string of the molecule is CCC[C@H](NC(=O)C(C)C(C)N)C(=O)O. The van der Waals surface area contributed by atoms with E-state index < -0.39 is 12.0 Å². The monoisotopic (exact) mass is 216 g/mol. The van der Waals surface area contributed by atoms with Crippen molar-refractivity contribution >= 4 is 11.9 Å². The lowest BCUT2D eigenvalue weighted by Gasteiger charge is -2.19. The quantitative estimate of drug-likeness (QED) is 0.597. The summed E-state index contributed by atoms with van der Waals surface area (Å²) in [4.78, 5) is 22.3. The number of rotatable bonds is 6. The average Bonchev–Trinajstić information content (AvgIpc) is 2.15. The minimum atomic E-state index is -0.998. The van der Waals surface area contributed by atoms with Crippen LogP contribution in [0.3, 0.4) is 0 Å². The molecule has 0 aliphatic rings. The summed E-state index contributed by atoms with van der Waals surface area (Å²) in [6.45, 7) is 5.28. The maximum Gasteiger partial charge on any atom is 0.326 e. The Morgan fingerprint density at radius 3 is 2.27 bits per heavy atom. The summed E-state index contributed by atoms with van der Waals surface area (Å²) in [6, 6.07) is -1.08. The van der Waals surface area contributed by atoms with Gasteiger partial charge in [0.1, 0.15) is 6.04 Å². The molecule has 0 saturated heterocycles. The first-order valence-corrected chi connectivity index (χ1v) is 5.18. The van der Waals surface area contributed by atoms with Crippen LogP contribution in [0, 0.1) is 5.92 Å². The number of hydrogen-bond donors (Lipinski definition) is 3. The largest absolute Gasteiger partial charge is 0.480 e. The van der Waals surface area contributed by atoms with E-state index in [9.17, 15) is 9.59 Å². The lowest BCUT2D eigenvalue weighted by molar-refractivity contribution is -0.142. The highest BCUT2D eigenvalue weighted by atomic mass is 16.4. The van der Waals surface area contributed by atoms with Crippen LogP contribution in [0.5, 0.6) is 0 Å². The number of aliphatic carboxylic acids is 1. The molecule has 0 spiro atoms. The predicted octanol–water partition coefficient (Wildman–Crippen LogP) is 0.339. The van der Waals surface area contributed by atoms with Crippen LogP contribution in [0.15, 0.2) is 0 Å². The standard InChI is InChI=1S/C10H20N2O3/c1-4-5-8(10(14)15)12-9(13)6(2)7(3)11/h6-8H,4-5,11H2,1-3H3,(H,12,13)(H,14,15)/t6?,7?,8-/m0/s1. The van der Waals surface area contributed by atoms with Crippen molar-refractivity contribution in [2.75, 3.05) is 0 Å². The molecule has 2 unspecified atom stereocenters. The summed E-state index contributed by atoms with van der Waals surface area (Å²) in [6.07, 6.45) is 1.15. The Labute approximate surface area is 90.0 Å². The molecule has 0 aromatic carbocycles. The van der Waals surface area contributed by atoms with Gasteiger partial charge in [-0.15, -0.1) is 0 Å². The molecule has 0 aromatic rings. The van der Waals surface area contributed by atoms with Gasteiger partial charge in [-0.3, -0.25) is 4.79 Å². The van der Waals surface area contributed by atoms with E-state index in [-0.39, 0.29) is 17.9 Å². The van der Waals surface area contributed by atoms with Crippen LogP contribution >= 0.6 is 0 Å². The molecule has 0 rings (SSSR count). The van der Waals surface area contributed by atoms with Crippen molar-refractivity contribution in [3.05, 3.63) is 0 Å². The van der Waals surface area contributed by atoms with Gasteiger partial charge < -0.3 is 16.2 Å². The molecule has 0 bridgehead atoms. The maximum absolute atomic E-state index is 11.5. The average molecular weight is 216 g/mol. The molecular weight excluding hydrogens is 196 g/mol. The summed E-state index contributed by atoms with van der Waals surface area (Å²) in [5.74, 6) is -1.67. The number of carboxylic acid groups (broad SMARTS) is 1. The molecule has 5 heteroatoms. The van der Waals surface area contributed by atoms with E-state index in [1.807, 2.05) is 6.92 Å². The Hall–Kier alpha value is -1.10. The van der Waals surface area contributed by atoms with E-state index in [0.717, 1.165) is 0 Å².